The van der Waals surface area contributed by atoms with Crippen LogP contribution in [0, 0.1) is 10.8 Å². The number of carboxylic acid groups (broad SMARTS) is 2. The normalized spacial score (nSPS) is 13.5. The first-order valence-electron chi connectivity index (χ1n) is 11.5. The number of hydrogen-bond donors (Lipinski definition) is 4. The average Bonchev–Trinajstić information content (AvgIpc) is 2.65. The highest BCUT2D eigenvalue weighted by Crippen LogP contribution is 2.35. The molecule has 0 bridgehead atoms. The van der Waals surface area contributed by atoms with Crippen molar-refractivity contribution in [2.75, 3.05) is 0 Å². The summed E-state index contributed by atoms with van der Waals surface area (Å²) >= 11 is 0. The lowest BCUT2D eigenvalue weighted by molar-refractivity contribution is -0.143. The van der Waals surface area contributed by atoms with E-state index in [1.165, 1.54) is 13.8 Å². The third-order valence-electron chi connectivity index (χ3n) is 5.59. The molecular formula is C24H40N2O8. The Kier molecular flexibility index (Phi) is 12.7. The molecule has 0 aromatic carbocycles. The minimum absolute atomic E-state index is 0.0305. The molecule has 0 aliphatic heterocycles. The molecule has 10 heteroatoms. The molecular weight excluding hydrogens is 444 g/mol. The fourth-order valence-corrected chi connectivity index (χ4v) is 3.42. The van der Waals surface area contributed by atoms with Gasteiger partial charge in [-0.05, 0) is 50.4 Å². The minimum atomic E-state index is -1.19. The molecule has 0 rings (SSSR count). The van der Waals surface area contributed by atoms with Gasteiger partial charge in [-0.25, -0.2) is 9.59 Å². The highest BCUT2D eigenvalue weighted by molar-refractivity contribution is 5.85. The van der Waals surface area contributed by atoms with Crippen LogP contribution in [0.2, 0.25) is 0 Å². The van der Waals surface area contributed by atoms with Crippen LogP contribution >= 0.6 is 0 Å². The maximum atomic E-state index is 12.4. The molecule has 2 atom stereocenters. The molecule has 0 radical (unpaired) electrons. The van der Waals surface area contributed by atoms with Crippen LogP contribution in [0.25, 0.3) is 0 Å². The molecule has 0 aliphatic carbocycles. The molecule has 0 aliphatic rings. The summed E-state index contributed by atoms with van der Waals surface area (Å²) in [7, 11) is 0. The lowest BCUT2D eigenvalue weighted by atomic mass is 9.75. The summed E-state index contributed by atoms with van der Waals surface area (Å²) in [6.07, 6.45) is 1.47. The second-order valence-corrected chi connectivity index (χ2v) is 10.6. The summed E-state index contributed by atoms with van der Waals surface area (Å²) in [5.41, 5.74) is -0.959. The zero-order chi connectivity index (χ0) is 26.7. The number of carboxylic acids is 2. The second kappa shape index (κ2) is 13.8. The van der Waals surface area contributed by atoms with E-state index in [1.54, 1.807) is 0 Å². The van der Waals surface area contributed by atoms with Crippen molar-refractivity contribution in [3.8, 4) is 0 Å². The molecule has 0 unspecified atom stereocenters. The standard InChI is InChI=1S/C24H40N2O8/c1-15(27)7-9-17(21(31)32)25-19(29)13-23(3,4)11-12-24(5,6)14-20(30)26-18(22(33)34)10-8-16(2)28/h17-18H,7-14H2,1-6H3,(H,25,29)(H,26,30)(H,31,32)(H,33,34)/t17-,18+. The number of hydrogen-bond acceptors (Lipinski definition) is 6. The third-order valence-corrected chi connectivity index (χ3v) is 5.59. The monoisotopic (exact) mass is 484 g/mol. The van der Waals surface area contributed by atoms with Gasteiger partial charge in [0.25, 0.3) is 0 Å². The molecule has 34 heavy (non-hydrogen) atoms. The van der Waals surface area contributed by atoms with Crippen molar-refractivity contribution in [1.82, 2.24) is 10.6 Å². The molecule has 4 N–H and O–H groups in total. The van der Waals surface area contributed by atoms with Gasteiger partial charge in [-0.15, -0.1) is 0 Å². The summed E-state index contributed by atoms with van der Waals surface area (Å²) in [6.45, 7) is 10.2. The van der Waals surface area contributed by atoms with Crippen LogP contribution in [-0.4, -0.2) is 57.6 Å². The van der Waals surface area contributed by atoms with Gasteiger partial charge >= 0.3 is 11.9 Å². The Morgan fingerprint density at radius 1 is 0.647 bits per heavy atom. The van der Waals surface area contributed by atoms with Crippen molar-refractivity contribution < 1.29 is 39.0 Å². The van der Waals surface area contributed by atoms with E-state index in [0.717, 1.165) is 0 Å². The molecule has 0 aromatic rings. The van der Waals surface area contributed by atoms with Crippen molar-refractivity contribution in [2.24, 2.45) is 10.8 Å². The van der Waals surface area contributed by atoms with Gasteiger partial charge in [0.1, 0.15) is 23.7 Å². The Bertz CT molecular complexity index is 709. The fraction of sp³-hybridized carbons (Fsp3) is 0.750. The predicted molar refractivity (Wildman–Crippen MR) is 125 cm³/mol. The minimum Gasteiger partial charge on any atom is -0.480 e. The largest absolute Gasteiger partial charge is 0.480 e. The topological polar surface area (TPSA) is 167 Å². The number of amides is 2. The second-order valence-electron chi connectivity index (χ2n) is 10.6. The summed E-state index contributed by atoms with van der Waals surface area (Å²) < 4.78 is 0. The molecule has 0 fully saturated rings. The van der Waals surface area contributed by atoms with Gasteiger partial charge in [0.2, 0.25) is 11.8 Å². The van der Waals surface area contributed by atoms with Gasteiger partial charge in [-0.3, -0.25) is 9.59 Å². The fourth-order valence-electron chi connectivity index (χ4n) is 3.42. The van der Waals surface area contributed by atoms with E-state index in [4.69, 9.17) is 0 Å². The van der Waals surface area contributed by atoms with Crippen molar-refractivity contribution in [1.29, 1.82) is 0 Å². The summed E-state index contributed by atoms with van der Waals surface area (Å²) in [6, 6.07) is -2.25. The van der Waals surface area contributed by atoms with Gasteiger partial charge in [0, 0.05) is 25.7 Å². The van der Waals surface area contributed by atoms with E-state index >= 15 is 0 Å². The quantitative estimate of drug-likeness (QED) is 0.244. The molecule has 194 valence electrons. The molecule has 0 aromatic heterocycles. The van der Waals surface area contributed by atoms with E-state index in [9.17, 15) is 39.0 Å². The number of carbonyl (C=O) groups is 6. The molecule has 0 heterocycles. The molecule has 2 amide bonds. The van der Waals surface area contributed by atoms with E-state index in [0.29, 0.717) is 12.8 Å². The number of aliphatic carboxylic acids is 2. The van der Waals surface area contributed by atoms with Crippen molar-refractivity contribution in [3.05, 3.63) is 0 Å². The Morgan fingerprint density at radius 2 is 0.941 bits per heavy atom. The smallest absolute Gasteiger partial charge is 0.326 e. The van der Waals surface area contributed by atoms with Gasteiger partial charge in [0.15, 0.2) is 0 Å². The molecule has 0 saturated carbocycles. The Balaban J connectivity index is 4.81. The summed E-state index contributed by atoms with van der Waals surface area (Å²) in [5.74, 6) is -3.54. The number of nitrogens with one attached hydrogen (secondary N) is 2. The maximum absolute atomic E-state index is 12.4. The third kappa shape index (κ3) is 14.4. The van der Waals surface area contributed by atoms with E-state index in [2.05, 4.69) is 10.6 Å². The highest BCUT2D eigenvalue weighted by Gasteiger charge is 2.31. The van der Waals surface area contributed by atoms with Crippen molar-refractivity contribution in [3.63, 3.8) is 0 Å². The number of ketones is 2. The molecule has 0 saturated heterocycles. The summed E-state index contributed by atoms with van der Waals surface area (Å²) in [4.78, 5) is 69.8. The maximum Gasteiger partial charge on any atom is 0.326 e. The zero-order valence-corrected chi connectivity index (χ0v) is 21.2. The molecule has 0 spiro atoms. The zero-order valence-electron chi connectivity index (χ0n) is 21.2. The van der Waals surface area contributed by atoms with E-state index < -0.39 is 46.7 Å². The van der Waals surface area contributed by atoms with Crippen molar-refractivity contribution >= 4 is 35.3 Å². The number of Topliss-reactive ketones (excluding diaryl/α,β-unsaturated/α-hetero) is 2. The lowest BCUT2D eigenvalue weighted by Gasteiger charge is -2.31. The van der Waals surface area contributed by atoms with E-state index in [-0.39, 0.29) is 50.1 Å². The SMILES string of the molecule is CC(=O)CC[C@H](NC(=O)CC(C)(C)CCC(C)(C)CC(=O)N[C@H](CCC(C)=O)C(=O)O)C(=O)O. The average molecular weight is 485 g/mol. The van der Waals surface area contributed by atoms with Crippen LogP contribution in [0.4, 0.5) is 0 Å². The van der Waals surface area contributed by atoms with Gasteiger partial charge < -0.3 is 30.4 Å². The first-order valence-corrected chi connectivity index (χ1v) is 11.5. The van der Waals surface area contributed by atoms with Crippen LogP contribution in [0.15, 0.2) is 0 Å². The first-order chi connectivity index (χ1) is 15.4. The molecule has 10 nitrogen and oxygen atoms in total. The van der Waals surface area contributed by atoms with Gasteiger partial charge in [-0.1, -0.05) is 27.7 Å². The number of rotatable bonds is 17. The van der Waals surface area contributed by atoms with Crippen LogP contribution in [0.5, 0.6) is 0 Å². The summed E-state index contributed by atoms with van der Waals surface area (Å²) in [5, 5.41) is 23.5. The lowest BCUT2D eigenvalue weighted by Crippen LogP contribution is -2.43. The van der Waals surface area contributed by atoms with Crippen molar-refractivity contribution in [2.45, 2.75) is 105 Å². The van der Waals surface area contributed by atoms with Crippen LogP contribution in [0.3, 0.4) is 0 Å². The van der Waals surface area contributed by atoms with Gasteiger partial charge in [0.05, 0.1) is 0 Å². The predicted octanol–water partition coefficient (Wildman–Crippen LogP) is 2.48. The van der Waals surface area contributed by atoms with E-state index in [1.807, 2.05) is 27.7 Å². The van der Waals surface area contributed by atoms with Crippen LogP contribution < -0.4 is 10.6 Å². The van der Waals surface area contributed by atoms with Crippen LogP contribution in [-0.2, 0) is 28.8 Å². The Hall–Kier alpha value is -2.78. The Morgan fingerprint density at radius 3 is 1.18 bits per heavy atom. The number of carbonyl (C=O) groups excluding carboxylic acids is 4. The van der Waals surface area contributed by atoms with Crippen LogP contribution in [0.1, 0.15) is 92.9 Å². The first kappa shape index (κ1) is 31.2. The van der Waals surface area contributed by atoms with Gasteiger partial charge in [-0.2, -0.15) is 0 Å². The highest BCUT2D eigenvalue weighted by atomic mass is 16.4. The Labute approximate surface area is 201 Å².